The lowest BCUT2D eigenvalue weighted by molar-refractivity contribution is -0.384. The summed E-state index contributed by atoms with van der Waals surface area (Å²) in [5.74, 6) is -0.145. The minimum absolute atomic E-state index is 0.0371. The molecule has 1 aromatic heterocycles. The molecule has 1 aromatic rings. The second kappa shape index (κ2) is 4.87. The van der Waals surface area contributed by atoms with Gasteiger partial charge in [0.1, 0.15) is 5.69 Å². The topological polar surface area (TPSA) is 107 Å². The lowest BCUT2D eigenvalue weighted by Crippen LogP contribution is -2.28. The van der Waals surface area contributed by atoms with Crippen LogP contribution in [0.4, 0.5) is 11.5 Å². The van der Waals surface area contributed by atoms with E-state index >= 15 is 0 Å². The van der Waals surface area contributed by atoms with Gasteiger partial charge >= 0.3 is 5.69 Å². The maximum absolute atomic E-state index is 11.2. The van der Waals surface area contributed by atoms with Crippen LogP contribution in [-0.2, 0) is 18.3 Å². The number of rotatable bonds is 4. The van der Waals surface area contributed by atoms with Crippen molar-refractivity contribution in [3.05, 3.63) is 15.8 Å². The van der Waals surface area contributed by atoms with Crippen molar-refractivity contribution in [3.8, 4) is 0 Å². The van der Waals surface area contributed by atoms with Crippen LogP contribution in [0.2, 0.25) is 0 Å². The van der Waals surface area contributed by atoms with E-state index in [0.29, 0.717) is 37.4 Å². The number of amides is 1. The fourth-order valence-corrected chi connectivity index (χ4v) is 2.52. The molecule has 8 heteroatoms. The first kappa shape index (κ1) is 13.3. The zero-order valence-electron chi connectivity index (χ0n) is 11.0. The monoisotopic (exact) mass is 267 g/mol. The van der Waals surface area contributed by atoms with Gasteiger partial charge in [-0.1, -0.05) is 6.92 Å². The fourth-order valence-electron chi connectivity index (χ4n) is 2.52. The van der Waals surface area contributed by atoms with E-state index in [9.17, 15) is 14.9 Å². The van der Waals surface area contributed by atoms with Crippen LogP contribution in [0.25, 0.3) is 0 Å². The largest absolute Gasteiger partial charge is 0.369 e. The van der Waals surface area contributed by atoms with Crippen molar-refractivity contribution in [1.82, 2.24) is 9.78 Å². The van der Waals surface area contributed by atoms with Gasteiger partial charge in [-0.3, -0.25) is 14.9 Å². The van der Waals surface area contributed by atoms with Gasteiger partial charge < -0.3 is 10.6 Å². The molecule has 2 N–H and O–H groups in total. The van der Waals surface area contributed by atoms with Gasteiger partial charge in [0.15, 0.2) is 0 Å². The standard InChI is InChI=1S/C11H17N5O3/c1-3-8-9(16(18)19)11(14(2)13-8)15-5-4-7(6-15)10(12)17/h7H,3-6H2,1-2H3,(H2,12,17). The Bertz CT molecular complexity index is 525. The summed E-state index contributed by atoms with van der Waals surface area (Å²) in [6.07, 6.45) is 1.12. The molecular weight excluding hydrogens is 250 g/mol. The van der Waals surface area contributed by atoms with E-state index < -0.39 is 4.92 Å². The smallest absolute Gasteiger partial charge is 0.334 e. The van der Waals surface area contributed by atoms with E-state index in [1.807, 2.05) is 11.8 Å². The first-order valence-corrected chi connectivity index (χ1v) is 6.20. The molecule has 1 atom stereocenters. The Morgan fingerprint density at radius 2 is 2.32 bits per heavy atom. The summed E-state index contributed by atoms with van der Waals surface area (Å²) in [7, 11) is 1.68. The Labute approximate surface area is 110 Å². The van der Waals surface area contributed by atoms with E-state index in [0.717, 1.165) is 0 Å². The van der Waals surface area contributed by atoms with Crippen molar-refractivity contribution in [1.29, 1.82) is 0 Å². The number of aromatic nitrogens is 2. The Morgan fingerprint density at radius 3 is 2.79 bits per heavy atom. The molecule has 1 unspecified atom stereocenters. The number of hydrogen-bond acceptors (Lipinski definition) is 5. The van der Waals surface area contributed by atoms with Crippen LogP contribution in [0.5, 0.6) is 0 Å². The highest BCUT2D eigenvalue weighted by Gasteiger charge is 2.35. The molecule has 8 nitrogen and oxygen atoms in total. The predicted octanol–water partition coefficient (Wildman–Crippen LogP) is 0.202. The number of carbonyl (C=O) groups excluding carboxylic acids is 1. The highest BCUT2D eigenvalue weighted by molar-refractivity contribution is 5.78. The molecule has 0 spiro atoms. The van der Waals surface area contributed by atoms with Crippen LogP contribution in [0.3, 0.4) is 0 Å². The van der Waals surface area contributed by atoms with Crippen molar-refractivity contribution in [3.63, 3.8) is 0 Å². The van der Waals surface area contributed by atoms with Gasteiger partial charge in [-0.15, -0.1) is 0 Å². The Hall–Kier alpha value is -2.12. The predicted molar refractivity (Wildman–Crippen MR) is 68.8 cm³/mol. The van der Waals surface area contributed by atoms with Crippen molar-refractivity contribution < 1.29 is 9.72 Å². The molecule has 0 radical (unpaired) electrons. The minimum Gasteiger partial charge on any atom is -0.369 e. The zero-order chi connectivity index (χ0) is 14.2. The number of nitrogens with two attached hydrogens (primary N) is 1. The highest BCUT2D eigenvalue weighted by Crippen LogP contribution is 2.34. The number of nitrogens with zero attached hydrogens (tertiary/aromatic N) is 4. The average Bonchev–Trinajstić information content (AvgIpc) is 2.92. The lowest BCUT2D eigenvalue weighted by atomic mass is 10.1. The summed E-state index contributed by atoms with van der Waals surface area (Å²) in [5.41, 5.74) is 5.78. The van der Waals surface area contributed by atoms with E-state index in [-0.39, 0.29) is 17.5 Å². The van der Waals surface area contributed by atoms with E-state index in [2.05, 4.69) is 5.10 Å². The first-order valence-electron chi connectivity index (χ1n) is 6.20. The molecule has 1 aliphatic rings. The van der Waals surface area contributed by atoms with E-state index in [4.69, 9.17) is 5.73 Å². The third-order valence-corrected chi connectivity index (χ3v) is 3.47. The molecule has 0 bridgehead atoms. The van der Waals surface area contributed by atoms with E-state index in [1.165, 1.54) is 4.68 Å². The SMILES string of the molecule is CCc1nn(C)c(N2CCC(C(N)=O)C2)c1[N+](=O)[O-]. The number of nitro groups is 1. The van der Waals surface area contributed by atoms with Crippen molar-refractivity contribution in [2.24, 2.45) is 18.7 Å². The average molecular weight is 267 g/mol. The normalized spacial score (nSPS) is 18.8. The summed E-state index contributed by atoms with van der Waals surface area (Å²) in [4.78, 5) is 23.8. The summed E-state index contributed by atoms with van der Waals surface area (Å²) < 4.78 is 1.51. The van der Waals surface area contributed by atoms with Gasteiger partial charge in [-0.2, -0.15) is 5.10 Å². The maximum atomic E-state index is 11.2. The summed E-state index contributed by atoms with van der Waals surface area (Å²) in [5, 5.41) is 15.4. The number of anilines is 1. The molecule has 1 fully saturated rings. The Morgan fingerprint density at radius 1 is 1.63 bits per heavy atom. The third kappa shape index (κ3) is 2.25. The summed E-state index contributed by atoms with van der Waals surface area (Å²) >= 11 is 0. The second-order valence-electron chi connectivity index (χ2n) is 4.69. The zero-order valence-corrected chi connectivity index (χ0v) is 11.0. The van der Waals surface area contributed by atoms with Crippen LogP contribution >= 0.6 is 0 Å². The number of hydrogen-bond donors (Lipinski definition) is 1. The lowest BCUT2D eigenvalue weighted by Gasteiger charge is -2.16. The molecule has 2 heterocycles. The van der Waals surface area contributed by atoms with Gasteiger partial charge in [0.05, 0.1) is 10.8 Å². The van der Waals surface area contributed by atoms with E-state index in [1.54, 1.807) is 7.05 Å². The first-order chi connectivity index (χ1) is 8.95. The number of primary amides is 1. The molecule has 1 aliphatic heterocycles. The Balaban J connectivity index is 2.37. The minimum atomic E-state index is -0.404. The summed E-state index contributed by atoms with van der Waals surface area (Å²) in [6, 6.07) is 0. The molecule has 104 valence electrons. The molecule has 2 rings (SSSR count). The third-order valence-electron chi connectivity index (χ3n) is 3.47. The van der Waals surface area contributed by atoms with Gasteiger partial charge in [-0.25, -0.2) is 4.68 Å². The molecule has 1 saturated heterocycles. The molecule has 0 aliphatic carbocycles. The quantitative estimate of drug-likeness (QED) is 0.619. The molecule has 0 aromatic carbocycles. The van der Waals surface area contributed by atoms with Crippen molar-refractivity contribution >= 4 is 17.4 Å². The molecule has 19 heavy (non-hydrogen) atoms. The maximum Gasteiger partial charge on any atom is 0.334 e. The van der Waals surface area contributed by atoms with Crippen LogP contribution in [0, 0.1) is 16.0 Å². The van der Waals surface area contributed by atoms with Gasteiger partial charge in [0, 0.05) is 20.1 Å². The van der Waals surface area contributed by atoms with Crippen molar-refractivity contribution in [2.75, 3.05) is 18.0 Å². The van der Waals surface area contributed by atoms with Crippen LogP contribution in [0.15, 0.2) is 0 Å². The second-order valence-corrected chi connectivity index (χ2v) is 4.69. The van der Waals surface area contributed by atoms with Crippen LogP contribution < -0.4 is 10.6 Å². The number of carbonyl (C=O) groups is 1. The van der Waals surface area contributed by atoms with Gasteiger partial charge in [0.25, 0.3) is 0 Å². The fraction of sp³-hybridized carbons (Fsp3) is 0.636. The molecule has 1 amide bonds. The number of aryl methyl sites for hydroxylation is 2. The Kier molecular flexibility index (Phi) is 3.41. The molecule has 0 saturated carbocycles. The van der Waals surface area contributed by atoms with Gasteiger partial charge in [0.2, 0.25) is 11.7 Å². The van der Waals surface area contributed by atoms with Crippen LogP contribution in [-0.4, -0.2) is 33.7 Å². The van der Waals surface area contributed by atoms with Crippen molar-refractivity contribution in [2.45, 2.75) is 19.8 Å². The highest BCUT2D eigenvalue weighted by atomic mass is 16.6. The summed E-state index contributed by atoms with van der Waals surface area (Å²) in [6.45, 7) is 2.82. The van der Waals surface area contributed by atoms with Crippen LogP contribution in [0.1, 0.15) is 19.0 Å². The molecular formula is C11H17N5O3. The van der Waals surface area contributed by atoms with Gasteiger partial charge in [-0.05, 0) is 12.8 Å².